The summed E-state index contributed by atoms with van der Waals surface area (Å²) in [5.41, 5.74) is 1.06. The third-order valence-corrected chi connectivity index (χ3v) is 2.16. The Bertz CT molecular complexity index is 459. The van der Waals surface area contributed by atoms with Crippen molar-refractivity contribution in [1.29, 1.82) is 0 Å². The lowest BCUT2D eigenvalue weighted by molar-refractivity contribution is 0.630. The van der Waals surface area contributed by atoms with Crippen molar-refractivity contribution in [3.63, 3.8) is 0 Å². The molecule has 0 spiro atoms. The summed E-state index contributed by atoms with van der Waals surface area (Å²) in [6, 6.07) is 8.18. The quantitative estimate of drug-likeness (QED) is 0.730. The molecule has 0 aliphatic carbocycles. The zero-order chi connectivity index (χ0) is 9.97. The molecule has 0 fully saturated rings. The molecule has 2 aromatic rings. The average Bonchev–Trinajstić information content (AvgIpc) is 2.18. The molecule has 1 heterocycles. The normalized spacial score (nSPS) is 10.1. The second-order valence-corrected chi connectivity index (χ2v) is 3.40. The Kier molecular flexibility index (Phi) is 2.54. The summed E-state index contributed by atoms with van der Waals surface area (Å²) in [6.07, 6.45) is 1.58. The minimum absolute atomic E-state index is 0.280. The van der Waals surface area contributed by atoms with Crippen LogP contribution >= 0.6 is 15.9 Å². The summed E-state index contributed by atoms with van der Waals surface area (Å²) < 4.78 is 13.8. The molecule has 0 saturated heterocycles. The molecule has 0 saturated carbocycles. The van der Waals surface area contributed by atoms with Gasteiger partial charge in [-0.2, -0.15) is 0 Å². The van der Waals surface area contributed by atoms with E-state index < -0.39 is 0 Å². The van der Waals surface area contributed by atoms with Crippen LogP contribution < -0.4 is 0 Å². The molecule has 1 aromatic carbocycles. The predicted octanol–water partition coefficient (Wildman–Crippen LogP) is 3.05. The van der Waals surface area contributed by atoms with Crippen LogP contribution in [0.2, 0.25) is 0 Å². The highest BCUT2D eigenvalue weighted by Gasteiger charge is 2.05. The number of hydrogen-bond donors (Lipinski definition) is 0. The van der Waals surface area contributed by atoms with Crippen molar-refractivity contribution >= 4 is 15.9 Å². The maximum Gasteiger partial charge on any atom is 0.197 e. The van der Waals surface area contributed by atoms with Crippen molar-refractivity contribution in [2.45, 2.75) is 0 Å². The van der Waals surface area contributed by atoms with Crippen molar-refractivity contribution in [1.82, 2.24) is 9.97 Å². The fraction of sp³-hybridized carbons (Fsp3) is 0. The smallest absolute Gasteiger partial charge is 0.197 e. The van der Waals surface area contributed by atoms with Crippen molar-refractivity contribution in [3.05, 3.63) is 47.1 Å². The van der Waals surface area contributed by atoms with Crippen LogP contribution in [0.3, 0.4) is 0 Å². The van der Waals surface area contributed by atoms with Crippen LogP contribution in [0.5, 0.6) is 0 Å². The lowest BCUT2D eigenvalue weighted by Gasteiger charge is -2.01. The number of benzene rings is 1. The lowest BCUT2D eigenvalue weighted by Crippen LogP contribution is -1.89. The van der Waals surface area contributed by atoms with E-state index in [1.807, 2.05) is 0 Å². The maximum absolute atomic E-state index is 13.3. The molecule has 14 heavy (non-hydrogen) atoms. The minimum atomic E-state index is -0.280. The predicted molar refractivity (Wildman–Crippen MR) is 55.1 cm³/mol. The molecule has 0 bridgehead atoms. The minimum Gasteiger partial charge on any atom is -0.231 e. The van der Waals surface area contributed by atoms with Gasteiger partial charge in [-0.1, -0.05) is 12.1 Å². The van der Waals surface area contributed by atoms with E-state index in [1.54, 1.807) is 30.5 Å². The van der Waals surface area contributed by atoms with Gasteiger partial charge in [0.1, 0.15) is 5.82 Å². The summed E-state index contributed by atoms with van der Waals surface area (Å²) in [7, 11) is 0. The number of halogens is 2. The Hall–Kier alpha value is -1.29. The molecule has 0 N–H and O–H groups in total. The molecular formula is C10H6BrFN2. The van der Waals surface area contributed by atoms with Crippen molar-refractivity contribution < 1.29 is 4.39 Å². The third kappa shape index (κ3) is 1.80. The van der Waals surface area contributed by atoms with Crippen LogP contribution in [0.15, 0.2) is 41.3 Å². The van der Waals surface area contributed by atoms with Gasteiger partial charge in [-0.05, 0) is 34.1 Å². The fourth-order valence-corrected chi connectivity index (χ4v) is 1.46. The first-order valence-corrected chi connectivity index (χ1v) is 4.80. The Morgan fingerprint density at radius 1 is 1.14 bits per heavy atom. The van der Waals surface area contributed by atoms with Crippen molar-refractivity contribution in [2.75, 3.05) is 0 Å². The largest absolute Gasteiger partial charge is 0.231 e. The zero-order valence-electron chi connectivity index (χ0n) is 7.11. The lowest BCUT2D eigenvalue weighted by atomic mass is 10.1. The molecule has 0 radical (unpaired) electrons. The highest BCUT2D eigenvalue weighted by molar-refractivity contribution is 9.10. The van der Waals surface area contributed by atoms with Gasteiger partial charge >= 0.3 is 0 Å². The molecular weight excluding hydrogens is 247 g/mol. The Labute approximate surface area is 89.0 Å². The number of aromatic nitrogens is 2. The maximum atomic E-state index is 13.3. The zero-order valence-corrected chi connectivity index (χ0v) is 8.70. The van der Waals surface area contributed by atoms with E-state index in [-0.39, 0.29) is 5.82 Å². The van der Waals surface area contributed by atoms with Gasteiger partial charge in [0.25, 0.3) is 0 Å². The van der Waals surface area contributed by atoms with E-state index in [0.29, 0.717) is 16.0 Å². The summed E-state index contributed by atoms with van der Waals surface area (Å²) in [5, 5.41) is 0. The Morgan fingerprint density at radius 3 is 2.64 bits per heavy atom. The highest BCUT2D eigenvalue weighted by Crippen LogP contribution is 2.20. The van der Waals surface area contributed by atoms with Crippen LogP contribution in [0.25, 0.3) is 11.3 Å². The molecule has 0 aliphatic rings. The number of hydrogen-bond acceptors (Lipinski definition) is 2. The first-order valence-electron chi connectivity index (χ1n) is 4.01. The molecule has 0 atom stereocenters. The first kappa shape index (κ1) is 9.27. The van der Waals surface area contributed by atoms with Crippen LogP contribution in [0.4, 0.5) is 4.39 Å². The van der Waals surface area contributed by atoms with Crippen LogP contribution in [0.1, 0.15) is 0 Å². The third-order valence-electron chi connectivity index (χ3n) is 1.78. The topological polar surface area (TPSA) is 25.8 Å². The standard InChI is InChI=1S/C10H6BrFN2/c11-10-13-6-5-9(14-10)7-3-1-2-4-8(7)12/h1-6H. The van der Waals surface area contributed by atoms with E-state index in [9.17, 15) is 4.39 Å². The van der Waals surface area contributed by atoms with E-state index in [0.717, 1.165) is 0 Å². The van der Waals surface area contributed by atoms with E-state index in [4.69, 9.17) is 0 Å². The van der Waals surface area contributed by atoms with Gasteiger partial charge in [0.2, 0.25) is 0 Å². The Morgan fingerprint density at radius 2 is 1.93 bits per heavy atom. The van der Waals surface area contributed by atoms with Crippen LogP contribution in [0, 0.1) is 5.82 Å². The van der Waals surface area contributed by atoms with Gasteiger partial charge in [0, 0.05) is 11.8 Å². The van der Waals surface area contributed by atoms with E-state index >= 15 is 0 Å². The SMILES string of the molecule is Fc1ccccc1-c1ccnc(Br)n1. The van der Waals surface area contributed by atoms with Gasteiger partial charge in [-0.25, -0.2) is 14.4 Å². The number of nitrogens with zero attached hydrogens (tertiary/aromatic N) is 2. The van der Waals surface area contributed by atoms with Gasteiger partial charge in [-0.3, -0.25) is 0 Å². The van der Waals surface area contributed by atoms with E-state index in [2.05, 4.69) is 25.9 Å². The van der Waals surface area contributed by atoms with Gasteiger partial charge in [-0.15, -0.1) is 0 Å². The van der Waals surface area contributed by atoms with Gasteiger partial charge in [0.05, 0.1) is 5.69 Å². The summed E-state index contributed by atoms with van der Waals surface area (Å²) in [5.74, 6) is -0.280. The fourth-order valence-electron chi connectivity index (χ4n) is 1.15. The first-order chi connectivity index (χ1) is 6.77. The summed E-state index contributed by atoms with van der Waals surface area (Å²) in [4.78, 5) is 7.95. The van der Waals surface area contributed by atoms with Gasteiger partial charge < -0.3 is 0 Å². The summed E-state index contributed by atoms with van der Waals surface area (Å²) in [6.45, 7) is 0. The van der Waals surface area contributed by atoms with Crippen LogP contribution in [-0.2, 0) is 0 Å². The molecule has 2 rings (SSSR count). The highest BCUT2D eigenvalue weighted by atomic mass is 79.9. The molecule has 0 amide bonds. The Balaban J connectivity index is 2.55. The molecule has 1 aromatic heterocycles. The van der Waals surface area contributed by atoms with Crippen molar-refractivity contribution in [3.8, 4) is 11.3 Å². The molecule has 4 heteroatoms. The second-order valence-electron chi connectivity index (χ2n) is 2.69. The van der Waals surface area contributed by atoms with Crippen molar-refractivity contribution in [2.24, 2.45) is 0 Å². The van der Waals surface area contributed by atoms with E-state index in [1.165, 1.54) is 6.07 Å². The second kappa shape index (κ2) is 3.84. The van der Waals surface area contributed by atoms with Crippen LogP contribution in [-0.4, -0.2) is 9.97 Å². The molecule has 0 aliphatic heterocycles. The molecule has 70 valence electrons. The number of rotatable bonds is 1. The monoisotopic (exact) mass is 252 g/mol. The molecule has 0 unspecified atom stereocenters. The average molecular weight is 253 g/mol. The molecule has 2 nitrogen and oxygen atoms in total. The van der Waals surface area contributed by atoms with Gasteiger partial charge in [0.15, 0.2) is 4.73 Å². The summed E-state index contributed by atoms with van der Waals surface area (Å²) >= 11 is 3.14.